The molecule has 0 saturated heterocycles. The molecule has 0 aliphatic carbocycles. The van der Waals surface area contributed by atoms with Crippen molar-refractivity contribution in [2.24, 2.45) is 0 Å². The van der Waals surface area contributed by atoms with Crippen molar-refractivity contribution in [1.29, 1.82) is 0 Å². The minimum Gasteiger partial charge on any atom is -0.507 e. The smallest absolute Gasteiger partial charge is 0.325 e. The van der Waals surface area contributed by atoms with Gasteiger partial charge in [0.05, 0.1) is 12.1 Å². The zero-order valence-corrected chi connectivity index (χ0v) is 13.3. The third kappa shape index (κ3) is 3.56. The largest absolute Gasteiger partial charge is 0.507 e. The summed E-state index contributed by atoms with van der Waals surface area (Å²) in [5.41, 5.74) is 1.41. The van der Waals surface area contributed by atoms with E-state index in [0.717, 1.165) is 0 Å². The Bertz CT molecular complexity index is 743. The Labute approximate surface area is 133 Å². The first-order chi connectivity index (χ1) is 11.0. The van der Waals surface area contributed by atoms with Crippen LogP contribution in [-0.4, -0.2) is 40.1 Å². The van der Waals surface area contributed by atoms with Gasteiger partial charge in [0.1, 0.15) is 23.4 Å². The number of nitrogens with one attached hydrogen (secondary N) is 1. The molecule has 7 nitrogen and oxygen atoms in total. The van der Waals surface area contributed by atoms with Crippen molar-refractivity contribution >= 4 is 22.9 Å². The zero-order valence-electron chi connectivity index (χ0n) is 13.3. The van der Waals surface area contributed by atoms with Crippen molar-refractivity contribution in [3.8, 4) is 5.75 Å². The minimum atomic E-state index is -0.594. The van der Waals surface area contributed by atoms with Crippen LogP contribution in [0.4, 0.5) is 0 Å². The Morgan fingerprint density at radius 1 is 1.30 bits per heavy atom. The molecule has 23 heavy (non-hydrogen) atoms. The van der Waals surface area contributed by atoms with Crippen LogP contribution < -0.4 is 5.32 Å². The van der Waals surface area contributed by atoms with E-state index in [-0.39, 0.29) is 35.9 Å². The van der Waals surface area contributed by atoms with Crippen LogP contribution in [0.15, 0.2) is 18.5 Å². The van der Waals surface area contributed by atoms with Crippen LogP contribution >= 0.6 is 0 Å². The van der Waals surface area contributed by atoms with E-state index < -0.39 is 11.9 Å². The van der Waals surface area contributed by atoms with E-state index in [9.17, 15) is 14.7 Å². The number of ether oxygens (including phenoxy) is 1. The molecule has 0 aliphatic heterocycles. The number of carbonyl (C=O) groups is 2. The average molecular weight is 317 g/mol. The normalized spacial score (nSPS) is 10.8. The van der Waals surface area contributed by atoms with Gasteiger partial charge < -0.3 is 15.2 Å². The van der Waals surface area contributed by atoms with Crippen molar-refractivity contribution in [1.82, 2.24) is 15.3 Å². The maximum absolute atomic E-state index is 12.4. The van der Waals surface area contributed by atoms with Gasteiger partial charge in [-0.25, -0.2) is 0 Å². The standard InChI is InChI=1S/C16H19N3O4/c1-4-23-12(20)8-19-16(22)13-14-11(17-5-6-18-14)7-10(9(2)3)15(13)21/h5-7,9,21H,4,8H2,1-3H3,(H,19,22). The lowest BCUT2D eigenvalue weighted by atomic mass is 9.97. The predicted molar refractivity (Wildman–Crippen MR) is 84.3 cm³/mol. The molecule has 2 rings (SSSR count). The maximum atomic E-state index is 12.4. The number of esters is 1. The summed E-state index contributed by atoms with van der Waals surface area (Å²) in [5.74, 6) is -1.29. The fourth-order valence-electron chi connectivity index (χ4n) is 2.23. The van der Waals surface area contributed by atoms with E-state index in [1.807, 2.05) is 13.8 Å². The highest BCUT2D eigenvalue weighted by Gasteiger charge is 2.22. The number of phenolic OH excluding ortho intramolecular Hbond substituents is 1. The van der Waals surface area contributed by atoms with Gasteiger partial charge in [0.25, 0.3) is 5.91 Å². The molecule has 0 radical (unpaired) electrons. The summed E-state index contributed by atoms with van der Waals surface area (Å²) in [6, 6.07) is 1.71. The van der Waals surface area contributed by atoms with Crippen LogP contribution in [0.25, 0.3) is 11.0 Å². The van der Waals surface area contributed by atoms with Gasteiger partial charge in [0.15, 0.2) is 0 Å². The van der Waals surface area contributed by atoms with Crippen molar-refractivity contribution in [2.75, 3.05) is 13.2 Å². The fraction of sp³-hybridized carbons (Fsp3) is 0.375. The third-order valence-electron chi connectivity index (χ3n) is 3.31. The average Bonchev–Trinajstić information content (AvgIpc) is 2.52. The number of aromatic hydroxyl groups is 1. The van der Waals surface area contributed by atoms with Crippen LogP contribution in [0.5, 0.6) is 5.75 Å². The first kappa shape index (κ1) is 16.7. The lowest BCUT2D eigenvalue weighted by Gasteiger charge is -2.14. The first-order valence-corrected chi connectivity index (χ1v) is 7.36. The van der Waals surface area contributed by atoms with Gasteiger partial charge in [0.2, 0.25) is 0 Å². The SMILES string of the molecule is CCOC(=O)CNC(=O)c1c(O)c(C(C)C)cc2nccnc12. The number of hydrogen-bond donors (Lipinski definition) is 2. The first-order valence-electron chi connectivity index (χ1n) is 7.36. The van der Waals surface area contributed by atoms with Gasteiger partial charge in [-0.15, -0.1) is 0 Å². The third-order valence-corrected chi connectivity index (χ3v) is 3.31. The molecule has 0 saturated carbocycles. The van der Waals surface area contributed by atoms with Crippen LogP contribution in [0.2, 0.25) is 0 Å². The summed E-state index contributed by atoms with van der Waals surface area (Å²) >= 11 is 0. The Hall–Kier alpha value is -2.70. The summed E-state index contributed by atoms with van der Waals surface area (Å²) in [5, 5.41) is 12.9. The van der Waals surface area contributed by atoms with E-state index in [2.05, 4.69) is 15.3 Å². The zero-order chi connectivity index (χ0) is 17.0. The fourth-order valence-corrected chi connectivity index (χ4v) is 2.23. The van der Waals surface area contributed by atoms with E-state index in [4.69, 9.17) is 4.74 Å². The molecule has 0 atom stereocenters. The van der Waals surface area contributed by atoms with E-state index in [1.165, 1.54) is 12.4 Å². The molecule has 0 bridgehead atoms. The molecule has 0 aliphatic rings. The van der Waals surface area contributed by atoms with Crippen LogP contribution in [0, 0.1) is 0 Å². The molecule has 7 heteroatoms. The van der Waals surface area contributed by atoms with Crippen LogP contribution in [-0.2, 0) is 9.53 Å². The second kappa shape index (κ2) is 7.04. The number of hydrogen-bond acceptors (Lipinski definition) is 6. The Balaban J connectivity index is 2.43. The molecule has 1 aromatic carbocycles. The monoisotopic (exact) mass is 317 g/mol. The molecule has 2 aromatic rings. The Morgan fingerprint density at radius 3 is 2.65 bits per heavy atom. The second-order valence-corrected chi connectivity index (χ2v) is 5.26. The summed E-state index contributed by atoms with van der Waals surface area (Å²) in [6.45, 7) is 5.44. The van der Waals surface area contributed by atoms with E-state index in [1.54, 1.807) is 13.0 Å². The maximum Gasteiger partial charge on any atom is 0.325 e. The quantitative estimate of drug-likeness (QED) is 0.815. The van der Waals surface area contributed by atoms with Crippen LogP contribution in [0.1, 0.15) is 42.6 Å². The Morgan fingerprint density at radius 2 is 2.00 bits per heavy atom. The van der Waals surface area contributed by atoms with Crippen molar-refractivity contribution in [3.05, 3.63) is 29.6 Å². The number of phenols is 1. The highest BCUT2D eigenvalue weighted by atomic mass is 16.5. The number of benzene rings is 1. The lowest BCUT2D eigenvalue weighted by Crippen LogP contribution is -2.31. The molecule has 122 valence electrons. The number of rotatable bonds is 5. The molecular weight excluding hydrogens is 298 g/mol. The van der Waals surface area contributed by atoms with Gasteiger partial charge in [-0.2, -0.15) is 0 Å². The van der Waals surface area contributed by atoms with Crippen LogP contribution in [0.3, 0.4) is 0 Å². The second-order valence-electron chi connectivity index (χ2n) is 5.26. The van der Waals surface area contributed by atoms with E-state index >= 15 is 0 Å². The molecule has 2 N–H and O–H groups in total. The number of fused-ring (bicyclic) bond motifs is 1. The molecule has 1 heterocycles. The summed E-state index contributed by atoms with van der Waals surface area (Å²) < 4.78 is 4.76. The Kier molecular flexibility index (Phi) is 5.10. The van der Waals surface area contributed by atoms with E-state index in [0.29, 0.717) is 11.1 Å². The molecule has 1 amide bonds. The van der Waals surface area contributed by atoms with Crippen molar-refractivity contribution in [3.63, 3.8) is 0 Å². The topological polar surface area (TPSA) is 101 Å². The molecule has 0 unspecified atom stereocenters. The van der Waals surface area contributed by atoms with Gasteiger partial charge >= 0.3 is 5.97 Å². The number of aromatic nitrogens is 2. The lowest BCUT2D eigenvalue weighted by molar-refractivity contribution is -0.141. The van der Waals surface area contributed by atoms with Gasteiger partial charge in [0, 0.05) is 12.4 Å². The molecular formula is C16H19N3O4. The molecule has 0 spiro atoms. The number of amides is 1. The molecule has 0 fully saturated rings. The summed E-state index contributed by atoms with van der Waals surface area (Å²) in [4.78, 5) is 32.1. The van der Waals surface area contributed by atoms with Gasteiger partial charge in [-0.3, -0.25) is 19.6 Å². The highest BCUT2D eigenvalue weighted by molar-refractivity contribution is 6.08. The van der Waals surface area contributed by atoms with Crippen molar-refractivity contribution < 1.29 is 19.4 Å². The molecule has 1 aromatic heterocycles. The van der Waals surface area contributed by atoms with Gasteiger partial charge in [-0.1, -0.05) is 13.8 Å². The highest BCUT2D eigenvalue weighted by Crippen LogP contribution is 2.33. The van der Waals surface area contributed by atoms with Crippen molar-refractivity contribution in [2.45, 2.75) is 26.7 Å². The summed E-state index contributed by atoms with van der Waals surface area (Å²) in [6.07, 6.45) is 2.96. The number of nitrogens with zero attached hydrogens (tertiary/aromatic N) is 2. The minimum absolute atomic E-state index is 0.00184. The predicted octanol–water partition coefficient (Wildman–Crippen LogP) is 1.75. The number of carbonyl (C=O) groups excluding carboxylic acids is 2. The summed E-state index contributed by atoms with van der Waals surface area (Å²) in [7, 11) is 0. The van der Waals surface area contributed by atoms with Gasteiger partial charge in [-0.05, 0) is 24.5 Å².